The Bertz CT molecular complexity index is 753. The van der Waals surface area contributed by atoms with Crippen LogP contribution in [-0.4, -0.2) is 73.1 Å². The standard InChI is InChI=1S/C20H27F6N3O3S/c21-19(22,23)7-3-17(30)27-13-1-2-14(31-11-13)4-8-29-9-5-15-16(6-10-29)33-18(28-15)32-12-20(24,25)26/h13-14H,1-12H2,(H,27,30)/t13-,14+/m0/s1. The number of fused-ring (bicyclic) bond motifs is 1. The molecule has 2 aliphatic heterocycles. The van der Waals surface area contributed by atoms with Gasteiger partial charge < -0.3 is 19.7 Å². The van der Waals surface area contributed by atoms with E-state index in [-0.39, 0.29) is 23.9 Å². The minimum Gasteiger partial charge on any atom is -0.460 e. The van der Waals surface area contributed by atoms with Crippen LogP contribution in [0.4, 0.5) is 26.3 Å². The lowest BCUT2D eigenvalue weighted by Crippen LogP contribution is -2.43. The summed E-state index contributed by atoms with van der Waals surface area (Å²) in [6.45, 7) is 1.23. The molecule has 0 aliphatic carbocycles. The van der Waals surface area contributed by atoms with Crippen LogP contribution in [0.2, 0.25) is 0 Å². The van der Waals surface area contributed by atoms with Gasteiger partial charge in [-0.25, -0.2) is 4.98 Å². The van der Waals surface area contributed by atoms with E-state index in [2.05, 4.69) is 15.2 Å². The van der Waals surface area contributed by atoms with Gasteiger partial charge in [-0.2, -0.15) is 26.3 Å². The first-order chi connectivity index (χ1) is 15.5. The Hall–Kier alpha value is -1.60. The van der Waals surface area contributed by atoms with Crippen molar-refractivity contribution >= 4 is 17.2 Å². The molecular weight excluding hydrogens is 476 g/mol. The fraction of sp³-hybridized carbons (Fsp3) is 0.800. The Morgan fingerprint density at radius 3 is 2.58 bits per heavy atom. The molecule has 0 unspecified atom stereocenters. The normalized spacial score (nSPS) is 22.5. The van der Waals surface area contributed by atoms with E-state index in [1.165, 1.54) is 11.3 Å². The topological polar surface area (TPSA) is 63.7 Å². The van der Waals surface area contributed by atoms with E-state index in [4.69, 9.17) is 9.47 Å². The summed E-state index contributed by atoms with van der Waals surface area (Å²) in [5, 5.41) is 2.66. The fourth-order valence-electron chi connectivity index (χ4n) is 3.84. The predicted octanol–water partition coefficient (Wildman–Crippen LogP) is 3.88. The molecule has 188 valence electrons. The summed E-state index contributed by atoms with van der Waals surface area (Å²) in [6, 6.07) is -0.268. The maximum atomic E-state index is 12.3. The average Bonchev–Trinajstić information content (AvgIpc) is 3.03. The van der Waals surface area contributed by atoms with Gasteiger partial charge in [-0.15, -0.1) is 0 Å². The molecule has 13 heteroatoms. The number of amides is 1. The maximum Gasteiger partial charge on any atom is 0.422 e. The molecule has 3 rings (SSSR count). The van der Waals surface area contributed by atoms with E-state index in [0.717, 1.165) is 36.6 Å². The number of rotatable bonds is 8. The second-order valence-electron chi connectivity index (χ2n) is 8.30. The number of hydrogen-bond acceptors (Lipinski definition) is 6. The smallest absolute Gasteiger partial charge is 0.422 e. The van der Waals surface area contributed by atoms with E-state index in [1.54, 1.807) is 0 Å². The number of thiazole rings is 1. The third kappa shape index (κ3) is 9.28. The van der Waals surface area contributed by atoms with Crippen LogP contribution in [0.25, 0.3) is 0 Å². The zero-order valence-corrected chi connectivity index (χ0v) is 18.8. The van der Waals surface area contributed by atoms with Crippen molar-refractivity contribution in [1.29, 1.82) is 0 Å². The van der Waals surface area contributed by atoms with Crippen molar-refractivity contribution in [2.24, 2.45) is 0 Å². The Morgan fingerprint density at radius 2 is 1.91 bits per heavy atom. The van der Waals surface area contributed by atoms with E-state index in [1.807, 2.05) is 0 Å². The van der Waals surface area contributed by atoms with Crippen LogP contribution in [0.3, 0.4) is 0 Å². The van der Waals surface area contributed by atoms with E-state index < -0.39 is 37.7 Å². The molecule has 2 aliphatic rings. The molecule has 1 aromatic heterocycles. The van der Waals surface area contributed by atoms with Gasteiger partial charge in [0, 0.05) is 37.4 Å². The van der Waals surface area contributed by atoms with Crippen molar-refractivity contribution < 1.29 is 40.6 Å². The van der Waals surface area contributed by atoms with Gasteiger partial charge in [-0.1, -0.05) is 11.3 Å². The molecule has 3 heterocycles. The predicted molar refractivity (Wildman–Crippen MR) is 108 cm³/mol. The summed E-state index contributed by atoms with van der Waals surface area (Å²) >= 11 is 1.17. The first-order valence-electron chi connectivity index (χ1n) is 10.8. The zero-order valence-electron chi connectivity index (χ0n) is 17.9. The Morgan fingerprint density at radius 1 is 1.15 bits per heavy atom. The van der Waals surface area contributed by atoms with Gasteiger partial charge in [0.05, 0.1) is 30.9 Å². The second kappa shape index (κ2) is 11.2. The van der Waals surface area contributed by atoms with Crippen molar-refractivity contribution in [1.82, 2.24) is 15.2 Å². The van der Waals surface area contributed by atoms with Gasteiger partial charge in [-0.3, -0.25) is 4.79 Å². The fourth-order valence-corrected chi connectivity index (χ4v) is 4.79. The van der Waals surface area contributed by atoms with Gasteiger partial charge >= 0.3 is 12.4 Å². The van der Waals surface area contributed by atoms with Crippen LogP contribution in [0.5, 0.6) is 5.19 Å². The molecule has 0 spiro atoms. The number of carbonyl (C=O) groups is 1. The number of halogens is 6. The summed E-state index contributed by atoms with van der Waals surface area (Å²) in [5.41, 5.74) is 0.790. The van der Waals surface area contributed by atoms with E-state index >= 15 is 0 Å². The minimum absolute atomic E-state index is 0.0196. The van der Waals surface area contributed by atoms with Gasteiger partial charge in [0.1, 0.15) is 0 Å². The number of aromatic nitrogens is 1. The lowest BCUT2D eigenvalue weighted by atomic mass is 10.0. The first kappa shape index (κ1) is 26.0. The Kier molecular flexibility index (Phi) is 8.84. The zero-order chi connectivity index (χ0) is 24.1. The second-order valence-corrected chi connectivity index (χ2v) is 9.34. The van der Waals surface area contributed by atoms with Gasteiger partial charge in [0.15, 0.2) is 6.61 Å². The van der Waals surface area contributed by atoms with Crippen LogP contribution in [0, 0.1) is 0 Å². The average molecular weight is 504 g/mol. The minimum atomic E-state index is -4.39. The van der Waals surface area contributed by atoms with E-state index in [9.17, 15) is 31.1 Å². The highest BCUT2D eigenvalue weighted by atomic mass is 32.1. The van der Waals surface area contributed by atoms with E-state index in [0.29, 0.717) is 25.7 Å². The summed E-state index contributed by atoms with van der Waals surface area (Å²) in [6.07, 6.45) is -6.93. The van der Waals surface area contributed by atoms with Crippen LogP contribution >= 0.6 is 11.3 Å². The summed E-state index contributed by atoms with van der Waals surface area (Å²) in [5.74, 6) is -0.614. The molecule has 0 radical (unpaired) electrons. The van der Waals surface area contributed by atoms with Crippen LogP contribution in [0.15, 0.2) is 0 Å². The van der Waals surface area contributed by atoms with Crippen LogP contribution in [-0.2, 0) is 22.4 Å². The quantitative estimate of drug-likeness (QED) is 0.546. The van der Waals surface area contributed by atoms with Gasteiger partial charge in [0.2, 0.25) is 5.91 Å². The SMILES string of the molecule is O=C(CCC(F)(F)F)N[C@H]1CC[C@H](CCN2CCc3nc(OCC(F)(F)F)sc3CC2)OC1. The Labute approximate surface area is 191 Å². The summed E-state index contributed by atoms with van der Waals surface area (Å²) < 4.78 is 84.1. The van der Waals surface area contributed by atoms with Crippen molar-refractivity contribution in [2.75, 3.05) is 32.8 Å². The largest absolute Gasteiger partial charge is 0.460 e. The van der Waals surface area contributed by atoms with Crippen LogP contribution < -0.4 is 10.1 Å². The molecule has 1 amide bonds. The summed E-state index contributed by atoms with van der Waals surface area (Å²) in [4.78, 5) is 19.1. The van der Waals surface area contributed by atoms with Gasteiger partial charge in [-0.05, 0) is 25.7 Å². The molecule has 6 nitrogen and oxygen atoms in total. The highest BCUT2D eigenvalue weighted by molar-refractivity contribution is 7.13. The van der Waals surface area contributed by atoms with Gasteiger partial charge in [0.25, 0.3) is 5.19 Å². The number of alkyl halides is 6. The number of carbonyl (C=O) groups excluding carboxylic acids is 1. The Balaban J connectivity index is 1.33. The molecule has 33 heavy (non-hydrogen) atoms. The summed E-state index contributed by atoms with van der Waals surface area (Å²) in [7, 11) is 0. The van der Waals surface area contributed by atoms with Crippen molar-refractivity contribution in [3.05, 3.63) is 10.6 Å². The molecule has 1 aromatic rings. The molecule has 2 atom stereocenters. The number of nitrogens with zero attached hydrogens (tertiary/aromatic N) is 2. The third-order valence-electron chi connectivity index (χ3n) is 5.58. The van der Waals surface area contributed by atoms with Crippen molar-refractivity contribution in [3.8, 4) is 5.19 Å². The monoisotopic (exact) mass is 503 g/mol. The van der Waals surface area contributed by atoms with Crippen molar-refractivity contribution in [2.45, 2.75) is 69.4 Å². The molecule has 0 aromatic carbocycles. The molecule has 1 saturated heterocycles. The lowest BCUT2D eigenvalue weighted by Gasteiger charge is -2.31. The first-order valence-corrected chi connectivity index (χ1v) is 11.7. The number of hydrogen-bond donors (Lipinski definition) is 1. The maximum absolute atomic E-state index is 12.3. The molecule has 1 N–H and O–H groups in total. The van der Waals surface area contributed by atoms with Crippen LogP contribution in [0.1, 0.15) is 42.7 Å². The molecule has 0 bridgehead atoms. The number of nitrogens with one attached hydrogen (secondary N) is 1. The number of ether oxygens (including phenoxy) is 2. The molecule has 0 saturated carbocycles. The molecule has 1 fully saturated rings. The van der Waals surface area contributed by atoms with Crippen molar-refractivity contribution in [3.63, 3.8) is 0 Å². The third-order valence-corrected chi connectivity index (χ3v) is 6.65. The highest BCUT2D eigenvalue weighted by Crippen LogP contribution is 2.30. The highest BCUT2D eigenvalue weighted by Gasteiger charge is 2.31. The lowest BCUT2D eigenvalue weighted by molar-refractivity contribution is -0.153. The molecular formula is C20H27F6N3O3S.